The molecule has 0 radical (unpaired) electrons. The van der Waals surface area contributed by atoms with Crippen molar-refractivity contribution in [3.63, 3.8) is 0 Å². The van der Waals surface area contributed by atoms with Crippen LogP contribution in [0.4, 0.5) is 0 Å². The molecule has 21 heavy (non-hydrogen) atoms. The van der Waals surface area contributed by atoms with Gasteiger partial charge in [-0.1, -0.05) is 40.2 Å². The Morgan fingerprint density at radius 3 is 2.62 bits per heavy atom. The first kappa shape index (κ1) is 15.6. The number of ether oxygens (including phenoxy) is 1. The van der Waals surface area contributed by atoms with E-state index < -0.39 is 0 Å². The van der Waals surface area contributed by atoms with E-state index in [0.29, 0.717) is 5.56 Å². The summed E-state index contributed by atoms with van der Waals surface area (Å²) in [7, 11) is 1.60. The lowest BCUT2D eigenvalue weighted by molar-refractivity contribution is 0.0939. The van der Waals surface area contributed by atoms with Crippen LogP contribution < -0.4 is 10.1 Å². The number of nitrogens with one attached hydrogen (secondary N) is 1. The third-order valence-corrected chi connectivity index (χ3v) is 4.11. The van der Waals surface area contributed by atoms with Gasteiger partial charge in [-0.25, -0.2) is 0 Å². The van der Waals surface area contributed by atoms with E-state index in [1.165, 1.54) is 0 Å². The molecule has 0 saturated carbocycles. The molecule has 1 atom stereocenters. The molecule has 0 aromatic heterocycles. The molecule has 2 rings (SSSR count). The predicted molar refractivity (Wildman–Crippen MR) is 87.8 cm³/mol. The number of methoxy groups -OCH3 is 1. The fraction of sp³-hybridized carbons (Fsp3) is 0.235. The lowest BCUT2D eigenvalue weighted by atomic mass is 10.1. The van der Waals surface area contributed by atoms with E-state index in [9.17, 15) is 4.79 Å². The Bertz CT molecular complexity index is 655. The van der Waals surface area contributed by atoms with Crippen LogP contribution in [0.1, 0.15) is 34.5 Å². The molecule has 0 fully saturated rings. The molecule has 0 aliphatic carbocycles. The molecular weight excluding hydrogens is 330 g/mol. The number of halogens is 1. The molecule has 110 valence electrons. The average molecular weight is 348 g/mol. The second-order valence-corrected chi connectivity index (χ2v) is 5.76. The van der Waals surface area contributed by atoms with E-state index in [1.807, 2.05) is 44.2 Å². The fourth-order valence-corrected chi connectivity index (χ4v) is 2.77. The highest BCUT2D eigenvalue weighted by Crippen LogP contribution is 2.24. The number of hydrogen-bond donors (Lipinski definition) is 1. The number of aryl methyl sites for hydroxylation is 1. The van der Waals surface area contributed by atoms with Crippen LogP contribution in [0, 0.1) is 6.92 Å². The minimum Gasteiger partial charge on any atom is -0.496 e. The van der Waals surface area contributed by atoms with Crippen LogP contribution in [0.5, 0.6) is 5.75 Å². The summed E-state index contributed by atoms with van der Waals surface area (Å²) in [5, 5.41) is 3.00. The van der Waals surface area contributed by atoms with Gasteiger partial charge < -0.3 is 10.1 Å². The van der Waals surface area contributed by atoms with Gasteiger partial charge in [0.1, 0.15) is 5.75 Å². The van der Waals surface area contributed by atoms with Crippen molar-refractivity contribution in [2.45, 2.75) is 19.9 Å². The minimum atomic E-state index is -0.114. The van der Waals surface area contributed by atoms with E-state index in [4.69, 9.17) is 4.74 Å². The molecule has 2 aromatic carbocycles. The van der Waals surface area contributed by atoms with Crippen molar-refractivity contribution in [2.75, 3.05) is 7.11 Å². The summed E-state index contributed by atoms with van der Waals surface area (Å²) in [6.07, 6.45) is 0. The van der Waals surface area contributed by atoms with Crippen molar-refractivity contribution in [1.29, 1.82) is 0 Å². The zero-order valence-electron chi connectivity index (χ0n) is 12.3. The number of rotatable bonds is 4. The van der Waals surface area contributed by atoms with Crippen LogP contribution in [0.2, 0.25) is 0 Å². The number of carbonyl (C=O) groups excluding carboxylic acids is 1. The monoisotopic (exact) mass is 347 g/mol. The number of amides is 1. The van der Waals surface area contributed by atoms with E-state index in [1.54, 1.807) is 19.2 Å². The highest BCUT2D eigenvalue weighted by molar-refractivity contribution is 9.10. The Balaban J connectivity index is 2.16. The fourth-order valence-electron chi connectivity index (χ4n) is 2.15. The maximum absolute atomic E-state index is 12.3. The molecule has 0 saturated heterocycles. The second kappa shape index (κ2) is 6.76. The Hall–Kier alpha value is -1.81. The molecule has 3 nitrogen and oxygen atoms in total. The summed E-state index contributed by atoms with van der Waals surface area (Å²) >= 11 is 3.50. The number of carbonyl (C=O) groups is 1. The van der Waals surface area contributed by atoms with Crippen molar-refractivity contribution in [2.24, 2.45) is 0 Å². The molecule has 0 spiro atoms. The van der Waals surface area contributed by atoms with Gasteiger partial charge in [0.15, 0.2) is 0 Å². The third-order valence-electron chi connectivity index (χ3n) is 3.39. The average Bonchev–Trinajstić information content (AvgIpc) is 2.48. The summed E-state index contributed by atoms with van der Waals surface area (Å²) < 4.78 is 6.24. The lowest BCUT2D eigenvalue weighted by Crippen LogP contribution is -2.26. The smallest absolute Gasteiger partial charge is 0.251 e. The zero-order valence-corrected chi connectivity index (χ0v) is 13.9. The maximum Gasteiger partial charge on any atom is 0.251 e. The van der Waals surface area contributed by atoms with Crippen LogP contribution in [0.15, 0.2) is 46.9 Å². The van der Waals surface area contributed by atoms with Gasteiger partial charge in [0, 0.05) is 10.0 Å². The zero-order chi connectivity index (χ0) is 15.4. The first-order chi connectivity index (χ1) is 10.0. The molecule has 2 aromatic rings. The van der Waals surface area contributed by atoms with Gasteiger partial charge in [-0.2, -0.15) is 0 Å². The van der Waals surface area contributed by atoms with Crippen molar-refractivity contribution in [3.8, 4) is 5.75 Å². The molecule has 4 heteroatoms. The van der Waals surface area contributed by atoms with Gasteiger partial charge in [0.05, 0.1) is 13.2 Å². The van der Waals surface area contributed by atoms with Crippen molar-refractivity contribution >= 4 is 21.8 Å². The van der Waals surface area contributed by atoms with Crippen molar-refractivity contribution in [3.05, 3.63) is 63.6 Å². The number of benzene rings is 2. The van der Waals surface area contributed by atoms with Gasteiger partial charge in [0.2, 0.25) is 0 Å². The van der Waals surface area contributed by atoms with E-state index in [0.717, 1.165) is 21.3 Å². The van der Waals surface area contributed by atoms with Crippen molar-refractivity contribution < 1.29 is 9.53 Å². The van der Waals surface area contributed by atoms with E-state index >= 15 is 0 Å². The Kier molecular flexibility index (Phi) is 5.02. The molecular formula is C17H18BrNO2. The van der Waals surface area contributed by atoms with Gasteiger partial charge in [0.25, 0.3) is 5.91 Å². The topological polar surface area (TPSA) is 38.3 Å². The predicted octanol–water partition coefficient (Wildman–Crippen LogP) is 4.26. The van der Waals surface area contributed by atoms with Crippen molar-refractivity contribution in [1.82, 2.24) is 5.32 Å². The molecule has 0 heterocycles. The highest BCUT2D eigenvalue weighted by Gasteiger charge is 2.14. The molecule has 1 N–H and O–H groups in total. The Morgan fingerprint density at radius 2 is 1.95 bits per heavy atom. The molecule has 0 unspecified atom stereocenters. The van der Waals surface area contributed by atoms with Crippen LogP contribution in [-0.2, 0) is 0 Å². The van der Waals surface area contributed by atoms with E-state index in [-0.39, 0.29) is 11.9 Å². The van der Waals surface area contributed by atoms with Gasteiger partial charge in [-0.05, 0) is 43.2 Å². The summed E-state index contributed by atoms with van der Waals surface area (Å²) in [5.74, 6) is 0.604. The Labute approximate surface area is 133 Å². The normalized spacial score (nSPS) is 11.8. The quantitative estimate of drug-likeness (QED) is 0.897. The lowest BCUT2D eigenvalue weighted by Gasteiger charge is -2.16. The summed E-state index contributed by atoms with van der Waals surface area (Å²) in [6, 6.07) is 13.2. The van der Waals surface area contributed by atoms with Crippen LogP contribution in [0.3, 0.4) is 0 Å². The second-order valence-electron chi connectivity index (χ2n) is 4.90. The molecule has 1 amide bonds. The molecule has 0 aliphatic heterocycles. The standard InChI is InChI=1S/C17H18BrNO2/c1-11-8-9-13(10-16(11)21-3)17(20)19-12(2)14-6-4-5-7-15(14)18/h4-10,12H,1-3H3,(H,19,20)/t12-/m1/s1. The summed E-state index contributed by atoms with van der Waals surface area (Å²) in [5.41, 5.74) is 2.65. The summed E-state index contributed by atoms with van der Waals surface area (Å²) in [4.78, 5) is 12.3. The van der Waals surface area contributed by atoms with Crippen LogP contribution >= 0.6 is 15.9 Å². The SMILES string of the molecule is COc1cc(C(=O)N[C@H](C)c2ccccc2Br)ccc1C. The van der Waals surface area contributed by atoms with Gasteiger partial charge in [-0.15, -0.1) is 0 Å². The first-order valence-corrected chi connectivity index (χ1v) is 7.52. The molecule has 0 aliphatic rings. The Morgan fingerprint density at radius 1 is 1.24 bits per heavy atom. The van der Waals surface area contributed by atoms with E-state index in [2.05, 4.69) is 21.2 Å². The first-order valence-electron chi connectivity index (χ1n) is 6.73. The summed E-state index contributed by atoms with van der Waals surface area (Å²) in [6.45, 7) is 3.91. The van der Waals surface area contributed by atoms with Crippen LogP contribution in [0.25, 0.3) is 0 Å². The highest BCUT2D eigenvalue weighted by atomic mass is 79.9. The molecule has 0 bridgehead atoms. The van der Waals surface area contributed by atoms with Crippen LogP contribution in [-0.4, -0.2) is 13.0 Å². The van der Waals surface area contributed by atoms with Gasteiger partial charge >= 0.3 is 0 Å². The minimum absolute atomic E-state index is 0.0830. The number of hydrogen-bond acceptors (Lipinski definition) is 2. The maximum atomic E-state index is 12.3. The largest absolute Gasteiger partial charge is 0.496 e. The van der Waals surface area contributed by atoms with Gasteiger partial charge in [-0.3, -0.25) is 4.79 Å². The third kappa shape index (κ3) is 3.64.